The van der Waals surface area contributed by atoms with E-state index in [0.717, 1.165) is 11.1 Å². The van der Waals surface area contributed by atoms with Crippen LogP contribution in [-0.2, 0) is 20.7 Å². The topological polar surface area (TPSA) is 55.4 Å². The number of amides is 1. The summed E-state index contributed by atoms with van der Waals surface area (Å²) in [5.74, 6) is -0.842. The number of carbonyl (C=O) groups is 2. The molecule has 0 aromatic heterocycles. The molecule has 0 aliphatic rings. The fraction of sp³-hybridized carbons (Fsp3) is 0.263. The first-order valence-electron chi connectivity index (χ1n) is 7.85. The lowest BCUT2D eigenvalue weighted by atomic mass is 10.1. The van der Waals surface area contributed by atoms with Crippen molar-refractivity contribution >= 4 is 35.1 Å². The summed E-state index contributed by atoms with van der Waals surface area (Å²) >= 11 is 12.0. The number of rotatable bonds is 6. The van der Waals surface area contributed by atoms with Crippen molar-refractivity contribution in [2.75, 3.05) is 0 Å². The van der Waals surface area contributed by atoms with E-state index in [1.807, 2.05) is 30.3 Å². The normalized spacial score (nSPS) is 13.0. The van der Waals surface area contributed by atoms with Gasteiger partial charge in [-0.25, -0.2) is 0 Å². The molecule has 2 aromatic carbocycles. The van der Waals surface area contributed by atoms with Gasteiger partial charge in [0.15, 0.2) is 6.10 Å². The van der Waals surface area contributed by atoms with Crippen LogP contribution < -0.4 is 5.32 Å². The highest BCUT2D eigenvalue weighted by Gasteiger charge is 2.21. The molecule has 2 atom stereocenters. The summed E-state index contributed by atoms with van der Waals surface area (Å²) in [6.45, 7) is 3.33. The molecule has 2 rings (SSSR count). The van der Waals surface area contributed by atoms with E-state index < -0.39 is 12.1 Å². The fourth-order valence-corrected chi connectivity index (χ4v) is 2.89. The van der Waals surface area contributed by atoms with Gasteiger partial charge in [0.1, 0.15) is 0 Å². The molecule has 0 aliphatic heterocycles. The summed E-state index contributed by atoms with van der Waals surface area (Å²) < 4.78 is 5.20. The highest BCUT2D eigenvalue weighted by molar-refractivity contribution is 6.35. The quantitative estimate of drug-likeness (QED) is 0.759. The second-order valence-electron chi connectivity index (χ2n) is 5.69. The molecule has 0 saturated carbocycles. The molecule has 4 nitrogen and oxygen atoms in total. The van der Waals surface area contributed by atoms with Gasteiger partial charge >= 0.3 is 5.97 Å². The van der Waals surface area contributed by atoms with Gasteiger partial charge < -0.3 is 10.1 Å². The number of carbonyl (C=O) groups excluding carboxylic acids is 2. The van der Waals surface area contributed by atoms with E-state index in [9.17, 15) is 9.59 Å². The Kier molecular flexibility index (Phi) is 6.85. The van der Waals surface area contributed by atoms with Crippen LogP contribution in [0.15, 0.2) is 48.5 Å². The van der Waals surface area contributed by atoms with Crippen LogP contribution in [0, 0.1) is 0 Å². The van der Waals surface area contributed by atoms with Gasteiger partial charge in [0.05, 0.1) is 12.5 Å². The van der Waals surface area contributed by atoms with Gasteiger partial charge in [0.2, 0.25) is 0 Å². The molecule has 2 aromatic rings. The lowest BCUT2D eigenvalue weighted by molar-refractivity contribution is -0.154. The SMILES string of the molecule is C[C@H](OC(=O)Cc1ccccc1)C(=O)N[C@@H](C)c1ccc(Cl)cc1Cl. The molecule has 0 aliphatic carbocycles. The zero-order valence-corrected chi connectivity index (χ0v) is 15.5. The summed E-state index contributed by atoms with van der Waals surface area (Å²) in [5.41, 5.74) is 1.57. The van der Waals surface area contributed by atoms with E-state index >= 15 is 0 Å². The van der Waals surface area contributed by atoms with Crippen LogP contribution in [0.1, 0.15) is 31.0 Å². The standard InChI is InChI=1S/C19H19Cl2NO3/c1-12(16-9-8-15(20)11-17(16)21)22-19(24)13(2)25-18(23)10-14-6-4-3-5-7-14/h3-9,11-13H,10H2,1-2H3,(H,22,24)/t12-,13-/m0/s1. The smallest absolute Gasteiger partial charge is 0.311 e. The first-order valence-corrected chi connectivity index (χ1v) is 8.61. The minimum Gasteiger partial charge on any atom is -0.452 e. The van der Waals surface area contributed by atoms with Gasteiger partial charge in [0.25, 0.3) is 5.91 Å². The summed E-state index contributed by atoms with van der Waals surface area (Å²) in [4.78, 5) is 24.2. The molecule has 0 unspecified atom stereocenters. The van der Waals surface area contributed by atoms with E-state index in [1.54, 1.807) is 25.1 Å². The van der Waals surface area contributed by atoms with Gasteiger partial charge in [-0.05, 0) is 37.1 Å². The Morgan fingerprint density at radius 1 is 1.08 bits per heavy atom. The van der Waals surface area contributed by atoms with Gasteiger partial charge in [-0.2, -0.15) is 0 Å². The third-order valence-corrected chi connectivity index (χ3v) is 4.22. The summed E-state index contributed by atoms with van der Waals surface area (Å²) in [7, 11) is 0. The van der Waals surface area contributed by atoms with E-state index in [4.69, 9.17) is 27.9 Å². The summed E-state index contributed by atoms with van der Waals surface area (Å²) in [6.07, 6.45) is -0.776. The van der Waals surface area contributed by atoms with Crippen molar-refractivity contribution in [1.29, 1.82) is 0 Å². The summed E-state index contributed by atoms with van der Waals surface area (Å²) in [5, 5.41) is 3.77. The first-order chi connectivity index (χ1) is 11.9. The van der Waals surface area contributed by atoms with Crippen LogP contribution in [0.5, 0.6) is 0 Å². The molecular weight excluding hydrogens is 361 g/mol. The third kappa shape index (κ3) is 5.76. The predicted octanol–water partition coefficient (Wildman–Crippen LogP) is 4.35. The van der Waals surface area contributed by atoms with E-state index in [0.29, 0.717) is 10.0 Å². The molecule has 1 N–H and O–H groups in total. The van der Waals surface area contributed by atoms with Gasteiger partial charge in [-0.1, -0.05) is 59.6 Å². The first kappa shape index (κ1) is 19.3. The number of ether oxygens (including phenoxy) is 1. The molecule has 0 saturated heterocycles. The van der Waals surface area contributed by atoms with Crippen LogP contribution >= 0.6 is 23.2 Å². The van der Waals surface area contributed by atoms with Crippen LogP contribution in [0.2, 0.25) is 10.0 Å². The number of hydrogen-bond acceptors (Lipinski definition) is 3. The number of esters is 1. The van der Waals surface area contributed by atoms with Crippen molar-refractivity contribution in [1.82, 2.24) is 5.32 Å². The van der Waals surface area contributed by atoms with Gasteiger partial charge in [-0.3, -0.25) is 9.59 Å². The lowest BCUT2D eigenvalue weighted by Gasteiger charge is -2.19. The van der Waals surface area contributed by atoms with Crippen LogP contribution in [0.4, 0.5) is 0 Å². The van der Waals surface area contributed by atoms with Crippen molar-refractivity contribution in [3.05, 3.63) is 69.7 Å². The highest BCUT2D eigenvalue weighted by Crippen LogP contribution is 2.26. The zero-order valence-electron chi connectivity index (χ0n) is 14.0. The Hall–Kier alpha value is -2.04. The Labute approximate surface area is 157 Å². The Bertz CT molecular complexity index is 750. The molecule has 0 fully saturated rings. The van der Waals surface area contributed by atoms with Crippen molar-refractivity contribution in [3.8, 4) is 0 Å². The zero-order chi connectivity index (χ0) is 18.4. The van der Waals surface area contributed by atoms with Crippen LogP contribution in [0.3, 0.4) is 0 Å². The maximum Gasteiger partial charge on any atom is 0.311 e. The largest absolute Gasteiger partial charge is 0.452 e. The molecule has 1 amide bonds. The molecule has 0 bridgehead atoms. The number of nitrogens with one attached hydrogen (secondary N) is 1. The third-order valence-electron chi connectivity index (χ3n) is 3.66. The maximum absolute atomic E-state index is 12.2. The minimum absolute atomic E-state index is 0.122. The molecule has 0 radical (unpaired) electrons. The molecule has 0 spiro atoms. The maximum atomic E-state index is 12.2. The van der Waals surface area contributed by atoms with Crippen molar-refractivity contribution < 1.29 is 14.3 Å². The fourth-order valence-electron chi connectivity index (χ4n) is 2.32. The second-order valence-corrected chi connectivity index (χ2v) is 6.53. The second kappa shape index (κ2) is 8.88. The Morgan fingerprint density at radius 3 is 2.40 bits per heavy atom. The van der Waals surface area contributed by atoms with Gasteiger partial charge in [-0.15, -0.1) is 0 Å². The molecule has 132 valence electrons. The van der Waals surface area contributed by atoms with Crippen LogP contribution in [0.25, 0.3) is 0 Å². The minimum atomic E-state index is -0.898. The highest BCUT2D eigenvalue weighted by atomic mass is 35.5. The van der Waals surface area contributed by atoms with Gasteiger partial charge in [0, 0.05) is 10.0 Å². The molecule has 25 heavy (non-hydrogen) atoms. The number of halogens is 2. The van der Waals surface area contributed by atoms with E-state index in [1.165, 1.54) is 6.92 Å². The number of hydrogen-bond donors (Lipinski definition) is 1. The average Bonchev–Trinajstić information content (AvgIpc) is 2.55. The van der Waals surface area contributed by atoms with E-state index in [2.05, 4.69) is 5.32 Å². The van der Waals surface area contributed by atoms with Crippen molar-refractivity contribution in [2.24, 2.45) is 0 Å². The van der Waals surface area contributed by atoms with Crippen LogP contribution in [-0.4, -0.2) is 18.0 Å². The molecule has 6 heteroatoms. The molecular formula is C19H19Cl2NO3. The van der Waals surface area contributed by atoms with E-state index in [-0.39, 0.29) is 18.4 Å². The predicted molar refractivity (Wildman–Crippen MR) is 98.7 cm³/mol. The summed E-state index contributed by atoms with van der Waals surface area (Å²) in [6, 6.07) is 13.9. The molecule has 0 heterocycles. The lowest BCUT2D eigenvalue weighted by Crippen LogP contribution is -2.37. The Morgan fingerprint density at radius 2 is 1.76 bits per heavy atom. The number of benzene rings is 2. The van der Waals surface area contributed by atoms with Crippen molar-refractivity contribution in [2.45, 2.75) is 32.4 Å². The average molecular weight is 380 g/mol. The monoisotopic (exact) mass is 379 g/mol. The Balaban J connectivity index is 1.90. The van der Waals surface area contributed by atoms with Crippen molar-refractivity contribution in [3.63, 3.8) is 0 Å².